The lowest BCUT2D eigenvalue weighted by atomic mass is 10.2. The third-order valence-electron chi connectivity index (χ3n) is 2.97. The first-order valence-electron chi connectivity index (χ1n) is 6.18. The molecule has 0 saturated carbocycles. The molecule has 0 aliphatic carbocycles. The van der Waals surface area contributed by atoms with Crippen molar-refractivity contribution in [3.63, 3.8) is 0 Å². The van der Waals surface area contributed by atoms with Crippen molar-refractivity contribution >= 4 is 39.2 Å². The molecule has 0 saturated heterocycles. The highest BCUT2D eigenvalue weighted by atomic mass is 32.2. The fourth-order valence-electron chi connectivity index (χ4n) is 2.01. The third-order valence-corrected chi connectivity index (χ3v) is 5.05. The van der Waals surface area contributed by atoms with Crippen molar-refractivity contribution < 1.29 is 0 Å². The molecule has 1 N–H and O–H groups in total. The highest BCUT2D eigenvalue weighted by molar-refractivity contribution is 8.07. The van der Waals surface area contributed by atoms with Crippen LogP contribution in [0.4, 0.5) is 5.00 Å². The highest BCUT2D eigenvalue weighted by Crippen LogP contribution is 2.36. The number of fused-ring (bicyclic) bond motifs is 2. The van der Waals surface area contributed by atoms with Crippen molar-refractivity contribution in [2.45, 2.75) is 19.8 Å². The largest absolute Gasteiger partial charge is 0.351 e. The molecule has 3 rings (SSSR count). The predicted molar refractivity (Wildman–Crippen MR) is 83.8 cm³/mol. The first-order valence-corrected chi connectivity index (χ1v) is 8.22. The van der Waals surface area contributed by atoms with E-state index in [0.717, 1.165) is 31.2 Å². The lowest BCUT2D eigenvalue weighted by molar-refractivity contribution is 0.851. The van der Waals surface area contributed by atoms with E-state index in [2.05, 4.69) is 36.5 Å². The van der Waals surface area contributed by atoms with E-state index in [1.165, 1.54) is 0 Å². The Morgan fingerprint density at radius 1 is 1.37 bits per heavy atom. The first kappa shape index (κ1) is 12.7. The van der Waals surface area contributed by atoms with Crippen LogP contribution in [-0.2, 0) is 0 Å². The van der Waals surface area contributed by atoms with Gasteiger partial charge in [-0.15, -0.1) is 23.1 Å². The van der Waals surface area contributed by atoms with Crippen molar-refractivity contribution in [2.24, 2.45) is 0 Å². The van der Waals surface area contributed by atoms with Gasteiger partial charge in [0.15, 0.2) is 0 Å². The molecule has 3 nitrogen and oxygen atoms in total. The second-order valence-electron chi connectivity index (χ2n) is 4.65. The molecule has 2 aromatic heterocycles. The van der Waals surface area contributed by atoms with Gasteiger partial charge in [-0.2, -0.15) is 0 Å². The van der Waals surface area contributed by atoms with Gasteiger partial charge in [0.05, 0.1) is 15.3 Å². The third kappa shape index (κ3) is 2.17. The molecule has 0 bridgehead atoms. The maximum absolute atomic E-state index is 4.80. The van der Waals surface area contributed by atoms with Crippen LogP contribution in [0.3, 0.4) is 0 Å². The standard InChI is InChI=1S/C14H15N3S2/c1-8(2)13-17-11-12(18-3)10-9(5-4-6-15-10)7-16-14(11)19-13/h4-8,16H,1-3H3. The van der Waals surface area contributed by atoms with Gasteiger partial charge in [0.1, 0.15) is 10.7 Å². The Balaban J connectivity index is 2.32. The zero-order valence-corrected chi connectivity index (χ0v) is 12.7. The zero-order chi connectivity index (χ0) is 13.4. The summed E-state index contributed by atoms with van der Waals surface area (Å²) < 4.78 is 0. The number of pyridine rings is 1. The molecular formula is C14H15N3S2. The molecule has 98 valence electrons. The van der Waals surface area contributed by atoms with Gasteiger partial charge >= 0.3 is 0 Å². The van der Waals surface area contributed by atoms with E-state index >= 15 is 0 Å². The maximum atomic E-state index is 4.80. The number of aromatic nitrogens is 2. The van der Waals surface area contributed by atoms with Gasteiger partial charge in [-0.25, -0.2) is 4.98 Å². The number of anilines is 1. The summed E-state index contributed by atoms with van der Waals surface area (Å²) in [5.41, 5.74) is 1.04. The number of rotatable bonds is 2. The lowest BCUT2D eigenvalue weighted by Gasteiger charge is -2.01. The lowest BCUT2D eigenvalue weighted by Crippen LogP contribution is -2.29. The second-order valence-corrected chi connectivity index (χ2v) is 6.49. The molecule has 0 fully saturated rings. The fraction of sp³-hybridized carbons (Fsp3) is 0.286. The van der Waals surface area contributed by atoms with Gasteiger partial charge in [0, 0.05) is 23.5 Å². The number of thiazole rings is 1. The van der Waals surface area contributed by atoms with Crippen LogP contribution in [0.1, 0.15) is 30.5 Å². The maximum Gasteiger partial charge on any atom is 0.121 e. The van der Waals surface area contributed by atoms with Crippen molar-refractivity contribution in [1.82, 2.24) is 9.97 Å². The van der Waals surface area contributed by atoms with Gasteiger partial charge in [0.2, 0.25) is 0 Å². The van der Waals surface area contributed by atoms with Gasteiger partial charge < -0.3 is 5.32 Å². The minimum atomic E-state index is 0.449. The quantitative estimate of drug-likeness (QED) is 0.921. The van der Waals surface area contributed by atoms with Crippen LogP contribution in [0.5, 0.6) is 0 Å². The monoisotopic (exact) mass is 289 g/mol. The predicted octanol–water partition coefficient (Wildman–Crippen LogP) is 2.34. The van der Waals surface area contributed by atoms with E-state index in [9.17, 15) is 0 Å². The zero-order valence-electron chi connectivity index (χ0n) is 11.1. The number of nitrogens with one attached hydrogen (secondary N) is 1. The summed E-state index contributed by atoms with van der Waals surface area (Å²) in [6.07, 6.45) is 5.94. The molecule has 1 aliphatic heterocycles. The Kier molecular flexibility index (Phi) is 3.33. The summed E-state index contributed by atoms with van der Waals surface area (Å²) in [5.74, 6) is 0.449. The topological polar surface area (TPSA) is 37.8 Å². The Morgan fingerprint density at radius 2 is 2.21 bits per heavy atom. The summed E-state index contributed by atoms with van der Waals surface area (Å²) in [4.78, 5) is 10.5. The van der Waals surface area contributed by atoms with Crippen LogP contribution in [0.2, 0.25) is 0 Å². The minimum absolute atomic E-state index is 0.449. The van der Waals surface area contributed by atoms with Crippen LogP contribution in [-0.4, -0.2) is 16.2 Å². The Bertz CT molecular complexity index is 731. The number of nitrogens with zero attached hydrogens (tertiary/aromatic N) is 2. The normalized spacial score (nSPS) is 13.4. The van der Waals surface area contributed by atoms with Crippen LogP contribution >= 0.6 is 23.1 Å². The summed E-state index contributed by atoms with van der Waals surface area (Å²) in [6.45, 7) is 4.35. The van der Waals surface area contributed by atoms with E-state index in [0.29, 0.717) is 5.92 Å². The van der Waals surface area contributed by atoms with E-state index < -0.39 is 0 Å². The van der Waals surface area contributed by atoms with E-state index in [4.69, 9.17) is 4.98 Å². The van der Waals surface area contributed by atoms with Gasteiger partial charge in [0.25, 0.3) is 0 Å². The molecule has 0 unspecified atom stereocenters. The molecule has 0 aromatic carbocycles. The summed E-state index contributed by atoms with van der Waals surface area (Å²) in [5, 5.41) is 7.79. The molecule has 2 aromatic rings. The van der Waals surface area contributed by atoms with Crippen LogP contribution in [0.25, 0.3) is 11.1 Å². The second kappa shape index (κ2) is 4.98. The Hall–Kier alpha value is -1.33. The number of thioether (sulfide) groups is 1. The van der Waals surface area contributed by atoms with Gasteiger partial charge in [-0.05, 0) is 18.4 Å². The van der Waals surface area contributed by atoms with E-state index in [1.54, 1.807) is 23.1 Å². The smallest absolute Gasteiger partial charge is 0.121 e. The molecule has 0 atom stereocenters. The Labute approximate surface area is 120 Å². The summed E-state index contributed by atoms with van der Waals surface area (Å²) in [7, 11) is 0. The molecule has 5 heteroatoms. The molecular weight excluding hydrogens is 274 g/mol. The molecule has 3 heterocycles. The summed E-state index contributed by atoms with van der Waals surface area (Å²) in [6, 6.07) is 4.03. The average Bonchev–Trinajstić information content (AvgIpc) is 2.77. The van der Waals surface area contributed by atoms with Crippen LogP contribution in [0.15, 0.2) is 18.3 Å². The van der Waals surface area contributed by atoms with Crippen molar-refractivity contribution in [3.05, 3.63) is 39.6 Å². The van der Waals surface area contributed by atoms with Crippen molar-refractivity contribution in [1.29, 1.82) is 0 Å². The molecule has 19 heavy (non-hydrogen) atoms. The van der Waals surface area contributed by atoms with E-state index in [-0.39, 0.29) is 0 Å². The van der Waals surface area contributed by atoms with Crippen LogP contribution < -0.4 is 15.9 Å². The summed E-state index contributed by atoms with van der Waals surface area (Å²) >= 11 is 3.44. The number of hydrogen-bond donors (Lipinski definition) is 1. The minimum Gasteiger partial charge on any atom is -0.351 e. The number of hydrogen-bond acceptors (Lipinski definition) is 5. The Morgan fingerprint density at radius 3 is 2.95 bits per heavy atom. The van der Waals surface area contributed by atoms with E-state index in [1.807, 2.05) is 18.5 Å². The van der Waals surface area contributed by atoms with Crippen molar-refractivity contribution in [2.75, 3.05) is 11.6 Å². The highest BCUT2D eigenvalue weighted by Gasteiger charge is 2.18. The van der Waals surface area contributed by atoms with Crippen molar-refractivity contribution in [3.8, 4) is 0 Å². The average molecular weight is 289 g/mol. The van der Waals surface area contributed by atoms with Gasteiger partial charge in [-0.1, -0.05) is 13.8 Å². The molecule has 0 amide bonds. The molecule has 1 aliphatic rings. The van der Waals surface area contributed by atoms with Crippen LogP contribution in [0, 0.1) is 0 Å². The fourth-order valence-corrected chi connectivity index (χ4v) is 3.72. The molecule has 0 spiro atoms. The SMILES string of the molecule is CSC1=c2ncccc2=CNc2sc(C(C)C)nc21. The molecule has 0 radical (unpaired) electrons. The first-order chi connectivity index (χ1) is 9.20. The van der Waals surface area contributed by atoms with Gasteiger partial charge in [-0.3, -0.25) is 4.98 Å².